The molecule has 1 unspecified atom stereocenters. The van der Waals surface area contributed by atoms with Crippen LogP contribution in [0, 0.1) is 0 Å². The Balaban J connectivity index is 0. The van der Waals surface area contributed by atoms with Crippen LogP contribution < -0.4 is 24.0 Å². The minimum absolute atomic E-state index is 0. The van der Waals surface area contributed by atoms with Crippen LogP contribution in [-0.2, 0) is 12.6 Å². The Morgan fingerprint density at radius 2 is 1.64 bits per heavy atom. The van der Waals surface area contributed by atoms with Gasteiger partial charge >= 0.3 is 0 Å². The molecule has 11 heavy (non-hydrogen) atoms. The molecule has 0 heterocycles. The lowest BCUT2D eigenvalue weighted by atomic mass is 10.1. The van der Waals surface area contributed by atoms with Crippen LogP contribution in [0.5, 0.6) is 0 Å². The van der Waals surface area contributed by atoms with Gasteiger partial charge in [0, 0.05) is 0 Å². The third kappa shape index (κ3) is 11.1. The molecule has 0 saturated carbocycles. The number of hydrogen-bond donors (Lipinski definition) is 0. The molecule has 0 fully saturated rings. The first-order chi connectivity index (χ1) is 4.81. The van der Waals surface area contributed by atoms with Gasteiger partial charge in [0.2, 0.25) is 0 Å². The zero-order valence-corrected chi connectivity index (χ0v) is 10.9. The molecule has 0 aromatic heterocycles. The fourth-order valence-electron chi connectivity index (χ4n) is 1.13. The third-order valence-electron chi connectivity index (χ3n) is 1.79. The van der Waals surface area contributed by atoms with Crippen LogP contribution in [0.15, 0.2) is 0 Å². The Bertz CT molecular complexity index is 66.6. The molecule has 0 N–H and O–H groups in total. The quantitative estimate of drug-likeness (QED) is 0.359. The van der Waals surface area contributed by atoms with E-state index in [2.05, 4.69) is 26.5 Å². The van der Waals surface area contributed by atoms with E-state index in [0.717, 1.165) is 5.25 Å². The van der Waals surface area contributed by atoms with E-state index in [1.165, 1.54) is 38.5 Å². The number of halogens is 1. The minimum atomic E-state index is 0. The van der Waals surface area contributed by atoms with Crippen molar-refractivity contribution in [1.29, 1.82) is 0 Å². The van der Waals surface area contributed by atoms with Crippen molar-refractivity contribution in [3.8, 4) is 0 Å². The summed E-state index contributed by atoms with van der Waals surface area (Å²) in [6.07, 6.45) is 8.12. The molecule has 0 amide bonds. The summed E-state index contributed by atoms with van der Waals surface area (Å²) in [4.78, 5) is 0. The van der Waals surface area contributed by atoms with E-state index < -0.39 is 0 Å². The van der Waals surface area contributed by atoms with Crippen LogP contribution in [-0.4, -0.2) is 5.25 Å². The maximum absolute atomic E-state index is 3.72. The van der Waals surface area contributed by atoms with Gasteiger partial charge in [0.05, 0.1) is 0 Å². The van der Waals surface area contributed by atoms with Gasteiger partial charge in [0.1, 0.15) is 5.25 Å². The van der Waals surface area contributed by atoms with Crippen molar-refractivity contribution < 1.29 is 24.0 Å². The molecule has 0 radical (unpaired) electrons. The van der Waals surface area contributed by atoms with Crippen molar-refractivity contribution in [2.24, 2.45) is 0 Å². The summed E-state index contributed by atoms with van der Waals surface area (Å²) in [5.74, 6) is 0. The zero-order chi connectivity index (χ0) is 7.82. The lowest BCUT2D eigenvalue weighted by molar-refractivity contribution is -0.00000223. The van der Waals surface area contributed by atoms with Gasteiger partial charge in [-0.25, -0.2) is 0 Å². The van der Waals surface area contributed by atoms with Crippen LogP contribution in [0.1, 0.15) is 52.4 Å². The molecule has 0 bridgehead atoms. The molecule has 0 aliphatic rings. The molecule has 0 spiro atoms. The van der Waals surface area contributed by atoms with Gasteiger partial charge in [-0.3, -0.25) is 0 Å². The SMILES string of the molecule is CCCCCC([SH2+])CCC.[I-]. The Morgan fingerprint density at radius 1 is 1.00 bits per heavy atom. The highest BCUT2D eigenvalue weighted by atomic mass is 127. The lowest BCUT2D eigenvalue weighted by Crippen LogP contribution is -3.00. The van der Waals surface area contributed by atoms with Gasteiger partial charge in [-0.1, -0.05) is 33.1 Å². The Hall–Kier alpha value is 1.08. The van der Waals surface area contributed by atoms with E-state index in [0.29, 0.717) is 0 Å². The van der Waals surface area contributed by atoms with Crippen molar-refractivity contribution in [3.63, 3.8) is 0 Å². The van der Waals surface area contributed by atoms with Crippen molar-refractivity contribution in [2.45, 2.75) is 57.6 Å². The molecule has 0 aromatic carbocycles. The Labute approximate surface area is 94.0 Å². The highest BCUT2D eigenvalue weighted by molar-refractivity contribution is 7.59. The van der Waals surface area contributed by atoms with Crippen LogP contribution >= 0.6 is 0 Å². The summed E-state index contributed by atoms with van der Waals surface area (Å²) >= 11 is 3.72. The number of hydrogen-bond acceptors (Lipinski definition) is 0. The Kier molecular flexibility index (Phi) is 14.7. The fourth-order valence-corrected chi connectivity index (χ4v) is 1.63. The van der Waals surface area contributed by atoms with Gasteiger partial charge in [-0.05, 0) is 31.9 Å². The summed E-state index contributed by atoms with van der Waals surface area (Å²) in [5, 5.41) is 0.775. The molecule has 0 aromatic rings. The average Bonchev–Trinajstić information content (AvgIpc) is 1.89. The van der Waals surface area contributed by atoms with Crippen LogP contribution in [0.2, 0.25) is 0 Å². The fraction of sp³-hybridized carbons (Fsp3) is 1.00. The first-order valence-corrected chi connectivity index (χ1v) is 5.10. The molecule has 0 rings (SSSR count). The van der Waals surface area contributed by atoms with E-state index in [1.807, 2.05) is 0 Å². The second-order valence-electron chi connectivity index (χ2n) is 2.98. The van der Waals surface area contributed by atoms with Gasteiger partial charge in [-0.2, -0.15) is 0 Å². The third-order valence-corrected chi connectivity index (χ3v) is 2.37. The molecule has 1 atom stereocenters. The highest BCUT2D eigenvalue weighted by Gasteiger charge is 2.05. The maximum atomic E-state index is 3.72. The van der Waals surface area contributed by atoms with Crippen LogP contribution in [0.25, 0.3) is 0 Å². The normalized spacial score (nSPS) is 12.3. The van der Waals surface area contributed by atoms with Crippen molar-refractivity contribution in [3.05, 3.63) is 0 Å². The molecular weight excluding hydrogens is 267 g/mol. The van der Waals surface area contributed by atoms with E-state index in [1.54, 1.807) is 0 Å². The monoisotopic (exact) mass is 288 g/mol. The lowest BCUT2D eigenvalue weighted by Gasteiger charge is -2.01. The van der Waals surface area contributed by atoms with Crippen molar-refractivity contribution >= 4 is 12.6 Å². The summed E-state index contributed by atoms with van der Waals surface area (Å²) in [7, 11) is 0. The van der Waals surface area contributed by atoms with Gasteiger partial charge in [0.25, 0.3) is 0 Å². The summed E-state index contributed by atoms with van der Waals surface area (Å²) in [5.41, 5.74) is 0. The van der Waals surface area contributed by atoms with E-state index in [4.69, 9.17) is 0 Å². The van der Waals surface area contributed by atoms with Crippen molar-refractivity contribution in [2.75, 3.05) is 0 Å². The molecule has 0 saturated heterocycles. The molecule has 2 heteroatoms. The van der Waals surface area contributed by atoms with E-state index in [9.17, 15) is 0 Å². The second-order valence-corrected chi connectivity index (χ2v) is 3.80. The molecule has 0 aliphatic carbocycles. The zero-order valence-electron chi connectivity index (χ0n) is 7.70. The van der Waals surface area contributed by atoms with Crippen LogP contribution in [0.3, 0.4) is 0 Å². The van der Waals surface area contributed by atoms with Crippen LogP contribution in [0.4, 0.5) is 0 Å². The molecular formula is C9H21IS. The Morgan fingerprint density at radius 3 is 2.09 bits per heavy atom. The summed E-state index contributed by atoms with van der Waals surface area (Å²) in [6, 6.07) is 0. The van der Waals surface area contributed by atoms with Crippen molar-refractivity contribution in [1.82, 2.24) is 0 Å². The summed E-state index contributed by atoms with van der Waals surface area (Å²) in [6.45, 7) is 4.50. The number of unbranched alkanes of at least 4 members (excludes halogenated alkanes) is 2. The first kappa shape index (κ1) is 14.6. The minimum Gasteiger partial charge on any atom is -1.00 e. The average molecular weight is 288 g/mol. The van der Waals surface area contributed by atoms with E-state index in [-0.39, 0.29) is 24.0 Å². The van der Waals surface area contributed by atoms with Gasteiger partial charge < -0.3 is 24.0 Å². The predicted molar refractivity (Wildman–Crippen MR) is 53.0 cm³/mol. The second kappa shape index (κ2) is 11.1. The summed E-state index contributed by atoms with van der Waals surface area (Å²) < 4.78 is 0. The smallest absolute Gasteiger partial charge is 0.113 e. The predicted octanol–water partition coefficient (Wildman–Crippen LogP) is -0.249. The molecule has 0 aliphatic heterocycles. The number of rotatable bonds is 6. The highest BCUT2D eigenvalue weighted by Crippen LogP contribution is 2.08. The van der Waals surface area contributed by atoms with E-state index >= 15 is 0 Å². The molecule has 70 valence electrons. The van der Waals surface area contributed by atoms with Gasteiger partial charge in [0.15, 0.2) is 0 Å². The first-order valence-electron chi connectivity index (χ1n) is 4.52. The molecule has 0 nitrogen and oxygen atoms in total. The largest absolute Gasteiger partial charge is 1.00 e. The van der Waals surface area contributed by atoms with Gasteiger partial charge in [-0.15, -0.1) is 0 Å². The maximum Gasteiger partial charge on any atom is 0.113 e. The topological polar surface area (TPSA) is 0 Å². The standard InChI is InChI=1S/C9H20S.HI/c1-3-5-6-8-9(10)7-4-2;/h9-10H,3-8H2,1-2H3;1H.